The summed E-state index contributed by atoms with van der Waals surface area (Å²) in [5.74, 6) is 0.0265. The predicted octanol–water partition coefficient (Wildman–Crippen LogP) is 1.65. The lowest BCUT2D eigenvalue weighted by molar-refractivity contribution is -0.148. The van der Waals surface area contributed by atoms with Gasteiger partial charge in [-0.2, -0.15) is 0 Å². The molecule has 0 fully saturated rings. The first-order valence-electron chi connectivity index (χ1n) is 7.58. The van der Waals surface area contributed by atoms with E-state index in [0.717, 1.165) is 6.26 Å². The maximum atomic E-state index is 11.6. The van der Waals surface area contributed by atoms with E-state index in [2.05, 4.69) is 5.32 Å². The first-order chi connectivity index (χ1) is 10.8. The number of sulfone groups is 1. The van der Waals surface area contributed by atoms with E-state index in [9.17, 15) is 13.2 Å². The van der Waals surface area contributed by atoms with Gasteiger partial charge in [0.2, 0.25) is 0 Å². The third-order valence-corrected chi connectivity index (χ3v) is 4.59. The molecule has 0 heterocycles. The number of rotatable bonds is 9. The molecule has 1 N–H and O–H groups in total. The molecule has 7 heteroatoms. The van der Waals surface area contributed by atoms with Crippen LogP contribution in [0.25, 0.3) is 0 Å². The van der Waals surface area contributed by atoms with Gasteiger partial charge in [-0.05, 0) is 32.0 Å². The lowest BCUT2D eigenvalue weighted by Crippen LogP contribution is -2.39. The molecule has 0 saturated carbocycles. The Morgan fingerprint density at radius 1 is 1.30 bits per heavy atom. The Labute approximate surface area is 138 Å². The highest BCUT2D eigenvalue weighted by Crippen LogP contribution is 2.17. The van der Waals surface area contributed by atoms with Crippen molar-refractivity contribution in [2.24, 2.45) is 5.92 Å². The Morgan fingerprint density at radius 3 is 2.61 bits per heavy atom. The molecule has 0 radical (unpaired) electrons. The van der Waals surface area contributed by atoms with Crippen LogP contribution in [-0.2, 0) is 19.4 Å². The molecule has 6 nitrogen and oxygen atoms in total. The minimum Gasteiger partial charge on any atom is -0.492 e. The van der Waals surface area contributed by atoms with Crippen LogP contribution in [0.2, 0.25) is 0 Å². The van der Waals surface area contributed by atoms with Gasteiger partial charge in [-0.3, -0.25) is 4.79 Å². The number of nitrogens with one attached hydrogen (secondary N) is 1. The van der Waals surface area contributed by atoms with Gasteiger partial charge < -0.3 is 14.8 Å². The number of ether oxygens (including phenoxy) is 2. The molecular formula is C16H25NO5S. The number of hydrogen-bond acceptors (Lipinski definition) is 6. The Kier molecular flexibility index (Phi) is 7.51. The summed E-state index contributed by atoms with van der Waals surface area (Å²) in [6, 6.07) is 6.34. The molecule has 1 aromatic rings. The largest absolute Gasteiger partial charge is 0.492 e. The molecule has 0 aromatic heterocycles. The molecule has 0 amide bonds. The van der Waals surface area contributed by atoms with Gasteiger partial charge in [-0.25, -0.2) is 8.42 Å². The zero-order valence-electron chi connectivity index (χ0n) is 14.0. The van der Waals surface area contributed by atoms with Crippen molar-refractivity contribution in [2.45, 2.75) is 31.7 Å². The molecule has 0 unspecified atom stereocenters. The van der Waals surface area contributed by atoms with E-state index in [0.29, 0.717) is 25.5 Å². The van der Waals surface area contributed by atoms with E-state index in [-0.39, 0.29) is 22.8 Å². The maximum absolute atomic E-state index is 11.6. The minimum absolute atomic E-state index is 0.0417. The van der Waals surface area contributed by atoms with Crippen molar-refractivity contribution in [3.63, 3.8) is 0 Å². The van der Waals surface area contributed by atoms with Gasteiger partial charge in [-0.15, -0.1) is 0 Å². The van der Waals surface area contributed by atoms with Crippen molar-refractivity contribution < 1.29 is 22.7 Å². The van der Waals surface area contributed by atoms with Crippen LogP contribution in [0.3, 0.4) is 0 Å². The van der Waals surface area contributed by atoms with Gasteiger partial charge in [0.15, 0.2) is 9.84 Å². The van der Waals surface area contributed by atoms with Gasteiger partial charge in [-0.1, -0.05) is 13.0 Å². The normalized spacial score (nSPS) is 14.1. The molecule has 0 aliphatic rings. The van der Waals surface area contributed by atoms with E-state index >= 15 is 0 Å². The molecule has 0 bridgehead atoms. The Balaban J connectivity index is 2.42. The van der Waals surface area contributed by atoms with Crippen LogP contribution in [0, 0.1) is 5.92 Å². The van der Waals surface area contributed by atoms with Crippen molar-refractivity contribution in [3.8, 4) is 5.75 Å². The molecule has 1 aromatic carbocycles. The zero-order chi connectivity index (χ0) is 17.5. The fourth-order valence-corrected chi connectivity index (χ4v) is 2.56. The quantitative estimate of drug-likeness (QED) is 0.542. The zero-order valence-corrected chi connectivity index (χ0v) is 14.9. The van der Waals surface area contributed by atoms with Crippen LogP contribution in [-0.4, -0.2) is 46.4 Å². The summed E-state index contributed by atoms with van der Waals surface area (Å²) >= 11 is 0. The monoisotopic (exact) mass is 343 g/mol. The first-order valence-corrected chi connectivity index (χ1v) is 9.47. The Morgan fingerprint density at radius 2 is 2.00 bits per heavy atom. The SMILES string of the molecule is CCOC(=O)[C@H](C)[C@@H](C)NCCOc1cccc(S(C)(=O)=O)c1. The summed E-state index contributed by atoms with van der Waals surface area (Å²) in [7, 11) is -3.24. The number of carbonyl (C=O) groups is 1. The van der Waals surface area contributed by atoms with Crippen LogP contribution in [0.1, 0.15) is 20.8 Å². The predicted molar refractivity (Wildman–Crippen MR) is 88.3 cm³/mol. The molecule has 0 spiro atoms. The first kappa shape index (κ1) is 19.4. The second-order valence-corrected chi connectivity index (χ2v) is 7.39. The van der Waals surface area contributed by atoms with Gasteiger partial charge in [0, 0.05) is 18.8 Å². The van der Waals surface area contributed by atoms with Crippen LogP contribution in [0.5, 0.6) is 5.75 Å². The van der Waals surface area contributed by atoms with Crippen LogP contribution < -0.4 is 10.1 Å². The molecule has 0 aliphatic carbocycles. The maximum Gasteiger partial charge on any atom is 0.310 e. The topological polar surface area (TPSA) is 81.7 Å². The van der Waals surface area contributed by atoms with E-state index in [1.54, 1.807) is 19.1 Å². The van der Waals surface area contributed by atoms with Crippen LogP contribution in [0.15, 0.2) is 29.2 Å². The third kappa shape index (κ3) is 6.58. The highest BCUT2D eigenvalue weighted by molar-refractivity contribution is 7.90. The van der Waals surface area contributed by atoms with Crippen molar-refractivity contribution in [2.75, 3.05) is 26.0 Å². The summed E-state index contributed by atoms with van der Waals surface area (Å²) in [5, 5.41) is 3.19. The van der Waals surface area contributed by atoms with Crippen LogP contribution in [0.4, 0.5) is 0 Å². The average molecular weight is 343 g/mol. The van der Waals surface area contributed by atoms with Crippen molar-refractivity contribution in [1.82, 2.24) is 5.32 Å². The molecular weight excluding hydrogens is 318 g/mol. The summed E-state index contributed by atoms with van der Waals surface area (Å²) < 4.78 is 33.5. The summed E-state index contributed by atoms with van der Waals surface area (Å²) in [4.78, 5) is 11.8. The number of carbonyl (C=O) groups excluding carboxylic acids is 1. The van der Waals surface area contributed by atoms with Crippen molar-refractivity contribution in [3.05, 3.63) is 24.3 Å². The summed E-state index contributed by atoms with van der Waals surface area (Å²) in [6.45, 7) is 6.77. The fraction of sp³-hybridized carbons (Fsp3) is 0.562. The molecule has 23 heavy (non-hydrogen) atoms. The average Bonchev–Trinajstić information content (AvgIpc) is 2.50. The smallest absolute Gasteiger partial charge is 0.310 e. The van der Waals surface area contributed by atoms with E-state index in [4.69, 9.17) is 9.47 Å². The van der Waals surface area contributed by atoms with E-state index in [1.807, 2.05) is 13.8 Å². The Hall–Kier alpha value is -1.60. The second kappa shape index (κ2) is 8.88. The highest BCUT2D eigenvalue weighted by atomic mass is 32.2. The Bertz CT molecular complexity index is 615. The van der Waals surface area contributed by atoms with Gasteiger partial charge in [0.1, 0.15) is 12.4 Å². The second-order valence-electron chi connectivity index (χ2n) is 5.38. The molecule has 0 aliphatic heterocycles. The van der Waals surface area contributed by atoms with E-state index in [1.165, 1.54) is 12.1 Å². The lowest BCUT2D eigenvalue weighted by Gasteiger charge is -2.20. The van der Waals surface area contributed by atoms with Crippen molar-refractivity contribution >= 4 is 15.8 Å². The standard InChI is InChI=1S/C16H25NO5S/c1-5-21-16(18)12(2)13(3)17-9-10-22-14-7-6-8-15(11-14)23(4,19)20/h6-8,11-13,17H,5,9-10H2,1-4H3/t12-,13-/m1/s1. The number of hydrogen-bond donors (Lipinski definition) is 1. The highest BCUT2D eigenvalue weighted by Gasteiger charge is 2.20. The molecule has 0 saturated heterocycles. The molecule has 2 atom stereocenters. The summed E-state index contributed by atoms with van der Waals surface area (Å²) in [6.07, 6.45) is 1.16. The number of benzene rings is 1. The van der Waals surface area contributed by atoms with E-state index < -0.39 is 9.84 Å². The molecule has 1 rings (SSSR count). The lowest BCUT2D eigenvalue weighted by atomic mass is 10.0. The summed E-state index contributed by atoms with van der Waals surface area (Å²) in [5.41, 5.74) is 0. The van der Waals surface area contributed by atoms with Gasteiger partial charge >= 0.3 is 5.97 Å². The molecule has 130 valence electrons. The van der Waals surface area contributed by atoms with Crippen LogP contribution >= 0.6 is 0 Å². The van der Waals surface area contributed by atoms with Gasteiger partial charge in [0.25, 0.3) is 0 Å². The third-order valence-electron chi connectivity index (χ3n) is 3.48. The van der Waals surface area contributed by atoms with Gasteiger partial charge in [0.05, 0.1) is 17.4 Å². The van der Waals surface area contributed by atoms with Crippen molar-refractivity contribution in [1.29, 1.82) is 0 Å². The number of esters is 1. The minimum atomic E-state index is -3.24. The fourth-order valence-electron chi connectivity index (χ4n) is 1.90.